The van der Waals surface area contributed by atoms with Gasteiger partial charge in [0, 0.05) is 5.57 Å². The molecule has 2 heteroatoms. The summed E-state index contributed by atoms with van der Waals surface area (Å²) in [6, 6.07) is 7.99. The van der Waals surface area contributed by atoms with Gasteiger partial charge in [0.05, 0.1) is 0 Å². The summed E-state index contributed by atoms with van der Waals surface area (Å²) in [5.41, 5.74) is 2.89. The molecule has 0 amide bonds. The van der Waals surface area contributed by atoms with E-state index in [-0.39, 0.29) is 5.24 Å². The summed E-state index contributed by atoms with van der Waals surface area (Å²) < 4.78 is 0. The predicted molar refractivity (Wildman–Crippen MR) is 62.8 cm³/mol. The van der Waals surface area contributed by atoms with E-state index in [1.54, 1.807) is 0 Å². The lowest BCUT2D eigenvalue weighted by molar-refractivity contribution is -0.106. The number of benzene rings is 1. The summed E-state index contributed by atoms with van der Waals surface area (Å²) in [5.74, 6) is 0.412. The van der Waals surface area contributed by atoms with Crippen LogP contribution in [0, 0.1) is 5.92 Å². The number of carbonyl (C=O) groups is 1. The second-order valence-corrected chi connectivity index (χ2v) is 4.37. The molecule has 1 nitrogen and oxygen atoms in total. The largest absolute Gasteiger partial charge is 0.276 e. The molecule has 1 aromatic rings. The van der Waals surface area contributed by atoms with E-state index < -0.39 is 0 Å². The molecule has 0 radical (unpaired) electrons. The fraction of sp³-hybridized carbons (Fsp3) is 0.308. The Labute approximate surface area is 94.8 Å². The van der Waals surface area contributed by atoms with Crippen LogP contribution < -0.4 is 0 Å². The van der Waals surface area contributed by atoms with E-state index >= 15 is 0 Å². The highest BCUT2D eigenvalue weighted by molar-refractivity contribution is 6.74. The summed E-state index contributed by atoms with van der Waals surface area (Å²) in [6.07, 6.45) is 4.08. The number of hydrogen-bond donors (Lipinski definition) is 0. The zero-order valence-electron chi connectivity index (χ0n) is 8.66. The lowest BCUT2D eigenvalue weighted by Gasteiger charge is -2.06. The van der Waals surface area contributed by atoms with Crippen LogP contribution in [0.2, 0.25) is 0 Å². The maximum absolute atomic E-state index is 11.4. The third kappa shape index (κ3) is 2.13. The second kappa shape index (κ2) is 4.19. The molecule has 1 aliphatic carbocycles. The molecule has 0 fully saturated rings. The summed E-state index contributed by atoms with van der Waals surface area (Å²) >= 11 is 5.61. The Bertz CT molecular complexity index is 420. The van der Waals surface area contributed by atoms with Crippen LogP contribution in [0.3, 0.4) is 0 Å². The van der Waals surface area contributed by atoms with Crippen LogP contribution in [0.1, 0.15) is 24.5 Å². The topological polar surface area (TPSA) is 17.1 Å². The summed E-state index contributed by atoms with van der Waals surface area (Å²) in [7, 11) is 0. The van der Waals surface area contributed by atoms with E-state index in [9.17, 15) is 4.79 Å². The van der Waals surface area contributed by atoms with E-state index in [4.69, 9.17) is 11.6 Å². The smallest absolute Gasteiger partial charge is 0.252 e. The molecule has 2 rings (SSSR count). The number of aryl methyl sites for hydroxylation is 1. The molecule has 0 N–H and O–H groups in total. The van der Waals surface area contributed by atoms with Gasteiger partial charge < -0.3 is 0 Å². The highest BCUT2D eigenvalue weighted by Gasteiger charge is 2.17. The van der Waals surface area contributed by atoms with Gasteiger partial charge in [-0.05, 0) is 41.5 Å². The number of carbonyl (C=O) groups excluding carboxylic acids is 1. The highest BCUT2D eigenvalue weighted by atomic mass is 35.5. The maximum Gasteiger partial charge on any atom is 0.252 e. The quantitative estimate of drug-likeness (QED) is 0.663. The number of hydrogen-bond acceptors (Lipinski definition) is 1. The summed E-state index contributed by atoms with van der Waals surface area (Å²) in [6.45, 7) is 2.12. The summed E-state index contributed by atoms with van der Waals surface area (Å²) in [4.78, 5) is 11.4. The Morgan fingerprint density at radius 2 is 2.13 bits per heavy atom. The molecule has 1 atom stereocenters. The second-order valence-electron chi connectivity index (χ2n) is 4.03. The van der Waals surface area contributed by atoms with Crippen molar-refractivity contribution >= 4 is 22.4 Å². The minimum absolute atomic E-state index is 0.351. The van der Waals surface area contributed by atoms with E-state index in [2.05, 4.69) is 13.0 Å². The molecule has 0 saturated heterocycles. The normalized spacial score (nSPS) is 20.1. The minimum Gasteiger partial charge on any atom is -0.276 e. The van der Waals surface area contributed by atoms with E-state index in [1.807, 2.05) is 24.3 Å². The Hall–Kier alpha value is -1.08. The van der Waals surface area contributed by atoms with Gasteiger partial charge in [-0.1, -0.05) is 37.3 Å². The lowest BCUT2D eigenvalue weighted by atomic mass is 10.00. The molecule has 78 valence electrons. The van der Waals surface area contributed by atoms with Crippen LogP contribution in [0.25, 0.3) is 5.57 Å². The first-order valence-electron chi connectivity index (χ1n) is 5.18. The van der Waals surface area contributed by atoms with Crippen LogP contribution in [-0.2, 0) is 11.2 Å². The Morgan fingerprint density at radius 3 is 2.87 bits per heavy atom. The summed E-state index contributed by atoms with van der Waals surface area (Å²) in [5, 5.41) is -0.351. The van der Waals surface area contributed by atoms with E-state index in [0.717, 1.165) is 18.4 Å². The van der Waals surface area contributed by atoms with Gasteiger partial charge in [-0.15, -0.1) is 0 Å². The van der Waals surface area contributed by atoms with Gasteiger partial charge in [-0.25, -0.2) is 0 Å². The van der Waals surface area contributed by atoms with Crippen LogP contribution in [0.4, 0.5) is 0 Å². The van der Waals surface area contributed by atoms with E-state index in [0.29, 0.717) is 11.5 Å². The average Bonchev–Trinajstić information content (AvgIpc) is 2.39. The number of rotatable bonds is 1. The van der Waals surface area contributed by atoms with Gasteiger partial charge >= 0.3 is 0 Å². The molecular formula is C13H13ClO. The molecular weight excluding hydrogens is 208 g/mol. The van der Waals surface area contributed by atoms with Gasteiger partial charge in [-0.3, -0.25) is 4.79 Å². The monoisotopic (exact) mass is 220 g/mol. The van der Waals surface area contributed by atoms with Crippen molar-refractivity contribution in [3.8, 4) is 0 Å². The van der Waals surface area contributed by atoms with E-state index in [1.165, 1.54) is 5.56 Å². The van der Waals surface area contributed by atoms with Gasteiger partial charge in [0.1, 0.15) is 0 Å². The van der Waals surface area contributed by atoms with Crippen molar-refractivity contribution in [2.45, 2.75) is 19.8 Å². The molecule has 0 saturated carbocycles. The van der Waals surface area contributed by atoms with Crippen molar-refractivity contribution in [3.05, 3.63) is 41.5 Å². The minimum atomic E-state index is -0.351. The fourth-order valence-electron chi connectivity index (χ4n) is 2.01. The van der Waals surface area contributed by atoms with Crippen LogP contribution in [-0.4, -0.2) is 5.24 Å². The van der Waals surface area contributed by atoms with Gasteiger partial charge in [0.15, 0.2) is 0 Å². The van der Waals surface area contributed by atoms with Crippen molar-refractivity contribution in [3.63, 3.8) is 0 Å². The Balaban J connectivity index is 2.55. The number of halogens is 1. The zero-order chi connectivity index (χ0) is 10.8. The highest BCUT2D eigenvalue weighted by Crippen LogP contribution is 2.29. The van der Waals surface area contributed by atoms with Crippen molar-refractivity contribution in [1.29, 1.82) is 0 Å². The molecule has 0 aliphatic heterocycles. The SMILES string of the molecule is CC1C=C(C(=O)Cl)c2ccccc2CC1. The van der Waals surface area contributed by atoms with Crippen molar-refractivity contribution < 1.29 is 4.79 Å². The van der Waals surface area contributed by atoms with Crippen molar-refractivity contribution in [1.82, 2.24) is 0 Å². The zero-order valence-corrected chi connectivity index (χ0v) is 9.42. The standard InChI is InChI=1S/C13H13ClO/c1-9-6-7-10-4-2-3-5-11(10)12(8-9)13(14)15/h2-5,8-9H,6-7H2,1H3. The van der Waals surface area contributed by atoms with Crippen molar-refractivity contribution in [2.75, 3.05) is 0 Å². The Morgan fingerprint density at radius 1 is 1.40 bits per heavy atom. The Kier molecular flexibility index (Phi) is 2.92. The molecule has 1 aliphatic rings. The molecule has 0 heterocycles. The van der Waals surface area contributed by atoms with Gasteiger partial charge in [0.2, 0.25) is 0 Å². The predicted octanol–water partition coefficient (Wildman–Crippen LogP) is 3.42. The van der Waals surface area contributed by atoms with Crippen molar-refractivity contribution in [2.24, 2.45) is 5.92 Å². The van der Waals surface area contributed by atoms with Crippen LogP contribution >= 0.6 is 11.6 Å². The first-order chi connectivity index (χ1) is 7.18. The molecule has 0 bridgehead atoms. The van der Waals surface area contributed by atoms with Gasteiger partial charge in [-0.2, -0.15) is 0 Å². The number of allylic oxidation sites excluding steroid dienone is 2. The molecule has 0 aromatic heterocycles. The lowest BCUT2D eigenvalue weighted by Crippen LogP contribution is -1.96. The van der Waals surface area contributed by atoms with Gasteiger partial charge in [0.25, 0.3) is 5.24 Å². The first kappa shape index (κ1) is 10.4. The van der Waals surface area contributed by atoms with Crippen LogP contribution in [0.15, 0.2) is 30.3 Å². The molecule has 1 aromatic carbocycles. The fourth-order valence-corrected chi connectivity index (χ4v) is 2.18. The number of fused-ring (bicyclic) bond motifs is 1. The maximum atomic E-state index is 11.4. The average molecular weight is 221 g/mol. The molecule has 0 spiro atoms. The third-order valence-electron chi connectivity index (χ3n) is 2.84. The first-order valence-corrected chi connectivity index (χ1v) is 5.56. The third-order valence-corrected chi connectivity index (χ3v) is 3.04. The molecule has 1 unspecified atom stereocenters. The van der Waals surface area contributed by atoms with Crippen LogP contribution in [0.5, 0.6) is 0 Å². The molecule has 15 heavy (non-hydrogen) atoms.